The highest BCUT2D eigenvalue weighted by Crippen LogP contribution is 2.33. The van der Waals surface area contributed by atoms with Crippen LogP contribution in [0.25, 0.3) is 22.6 Å². The quantitative estimate of drug-likeness (QED) is 0.535. The van der Waals surface area contributed by atoms with Gasteiger partial charge >= 0.3 is 6.18 Å². The van der Waals surface area contributed by atoms with Crippen molar-refractivity contribution in [3.05, 3.63) is 53.6 Å². The molecule has 4 nitrogen and oxygen atoms in total. The van der Waals surface area contributed by atoms with Gasteiger partial charge in [-0.2, -0.15) is 13.2 Å². The first kappa shape index (κ1) is 21.2. The number of aromatic nitrogens is 1. The number of fused-ring (bicyclic) bond motifs is 4. The monoisotopic (exact) mass is 438 g/mol. The number of hydrogen-bond donors (Lipinski definition) is 0. The summed E-state index contributed by atoms with van der Waals surface area (Å²) in [5.74, 6) is 0.977. The van der Waals surface area contributed by atoms with Gasteiger partial charge in [0.1, 0.15) is 5.52 Å². The summed E-state index contributed by atoms with van der Waals surface area (Å²) in [5.41, 5.74) is 1.58. The van der Waals surface area contributed by atoms with Gasteiger partial charge in [0.2, 0.25) is 5.89 Å². The van der Waals surface area contributed by atoms with E-state index >= 15 is 0 Å². The van der Waals surface area contributed by atoms with Crippen LogP contribution in [0.4, 0.5) is 13.2 Å². The van der Waals surface area contributed by atoms with Crippen molar-refractivity contribution < 1.29 is 22.3 Å². The predicted octanol–water partition coefficient (Wildman–Crippen LogP) is 5.55. The number of rotatable bonds is 4. The maximum Gasteiger partial charge on any atom is 0.416 e. The average molecular weight is 439 g/mol. The first-order valence-corrected chi connectivity index (χ1v) is 9.87. The van der Waals surface area contributed by atoms with Gasteiger partial charge in [-0.1, -0.05) is 12.1 Å². The van der Waals surface area contributed by atoms with Crippen molar-refractivity contribution in [2.24, 2.45) is 5.92 Å². The Morgan fingerprint density at radius 3 is 2.43 bits per heavy atom. The van der Waals surface area contributed by atoms with Crippen LogP contribution in [-0.2, 0) is 17.5 Å². The molecule has 3 aliphatic rings. The molecular formula is C22H22ClF3N2O2. The van der Waals surface area contributed by atoms with Gasteiger partial charge in [-0.25, -0.2) is 4.98 Å². The smallest absolute Gasteiger partial charge is 0.416 e. The van der Waals surface area contributed by atoms with Crippen LogP contribution in [0.5, 0.6) is 0 Å². The molecule has 0 N–H and O–H groups in total. The highest BCUT2D eigenvalue weighted by molar-refractivity contribution is 5.85. The van der Waals surface area contributed by atoms with Crippen LogP contribution in [0, 0.1) is 5.92 Å². The molecule has 3 saturated heterocycles. The van der Waals surface area contributed by atoms with Crippen LogP contribution < -0.4 is 0 Å². The summed E-state index contributed by atoms with van der Waals surface area (Å²) in [4.78, 5) is 6.69. The number of halogens is 4. The Balaban J connectivity index is 0.00000218. The molecule has 3 fully saturated rings. The Morgan fingerprint density at radius 2 is 1.80 bits per heavy atom. The molecule has 2 bridgehead atoms. The molecular weight excluding hydrogens is 417 g/mol. The van der Waals surface area contributed by atoms with Gasteiger partial charge in [0, 0.05) is 12.1 Å². The van der Waals surface area contributed by atoms with E-state index in [9.17, 15) is 13.2 Å². The maximum atomic E-state index is 12.9. The third-order valence-electron chi connectivity index (χ3n) is 5.98. The van der Waals surface area contributed by atoms with Crippen molar-refractivity contribution in [1.82, 2.24) is 9.88 Å². The Morgan fingerprint density at radius 1 is 1.07 bits per heavy atom. The number of hydrogen-bond acceptors (Lipinski definition) is 4. The van der Waals surface area contributed by atoms with E-state index in [1.807, 2.05) is 24.3 Å². The molecule has 0 aliphatic carbocycles. The molecule has 2 aromatic carbocycles. The Hall–Kier alpha value is -2.09. The topological polar surface area (TPSA) is 38.5 Å². The van der Waals surface area contributed by atoms with Gasteiger partial charge in [0.25, 0.3) is 0 Å². The summed E-state index contributed by atoms with van der Waals surface area (Å²) in [7, 11) is 0. The molecule has 1 unspecified atom stereocenters. The van der Waals surface area contributed by atoms with Crippen molar-refractivity contribution in [2.75, 3.05) is 19.6 Å². The molecule has 6 rings (SSSR count). The number of nitrogens with zero attached hydrogens (tertiary/aromatic N) is 2. The molecule has 160 valence electrons. The minimum Gasteiger partial charge on any atom is -0.436 e. The zero-order valence-corrected chi connectivity index (χ0v) is 17.0. The minimum absolute atomic E-state index is 0. The van der Waals surface area contributed by atoms with E-state index in [-0.39, 0.29) is 17.9 Å². The third-order valence-corrected chi connectivity index (χ3v) is 5.98. The number of benzene rings is 2. The summed E-state index contributed by atoms with van der Waals surface area (Å²) in [6.07, 6.45) is -1.66. The Bertz CT molecular complexity index is 1010. The van der Waals surface area contributed by atoms with Crippen molar-refractivity contribution >= 4 is 23.5 Å². The van der Waals surface area contributed by atoms with Crippen LogP contribution in [0.2, 0.25) is 0 Å². The lowest BCUT2D eigenvalue weighted by molar-refractivity contribution is -0.137. The van der Waals surface area contributed by atoms with Crippen LogP contribution in [-0.4, -0.2) is 35.6 Å². The van der Waals surface area contributed by atoms with Gasteiger partial charge in [0.15, 0.2) is 5.58 Å². The summed E-state index contributed by atoms with van der Waals surface area (Å²) in [5, 5.41) is 0. The largest absolute Gasteiger partial charge is 0.436 e. The molecule has 8 heteroatoms. The lowest BCUT2D eigenvalue weighted by Crippen LogP contribution is -2.51. The molecule has 1 aromatic heterocycles. The normalized spacial score (nSPS) is 23.5. The Labute approximate surface area is 178 Å². The minimum atomic E-state index is -4.40. The first-order chi connectivity index (χ1) is 14.0. The SMILES string of the molecule is Cl.FC(F)(F)c1ccc2oc(-c3ccc(COC4CN5CCC4CC5)cc3)nc2c1. The van der Waals surface area contributed by atoms with E-state index in [1.54, 1.807) is 0 Å². The number of alkyl halides is 3. The van der Waals surface area contributed by atoms with Crippen molar-refractivity contribution in [1.29, 1.82) is 0 Å². The van der Waals surface area contributed by atoms with Gasteiger partial charge in [-0.05, 0) is 67.7 Å². The highest BCUT2D eigenvalue weighted by Gasteiger charge is 2.34. The summed E-state index contributed by atoms with van der Waals surface area (Å²) < 4.78 is 50.4. The van der Waals surface area contributed by atoms with Gasteiger partial charge in [0.05, 0.1) is 18.3 Å². The van der Waals surface area contributed by atoms with E-state index in [4.69, 9.17) is 9.15 Å². The zero-order valence-electron chi connectivity index (χ0n) is 16.2. The molecule has 4 heterocycles. The molecule has 3 aromatic rings. The average Bonchev–Trinajstić information content (AvgIpc) is 3.16. The molecule has 0 saturated carbocycles. The first-order valence-electron chi connectivity index (χ1n) is 9.87. The summed E-state index contributed by atoms with van der Waals surface area (Å²) >= 11 is 0. The van der Waals surface area contributed by atoms with E-state index in [1.165, 1.54) is 32.0 Å². The lowest BCUT2D eigenvalue weighted by atomic mass is 9.86. The second kappa shape index (κ2) is 8.21. The fourth-order valence-corrected chi connectivity index (χ4v) is 4.27. The fraction of sp³-hybridized carbons (Fsp3) is 0.409. The second-order valence-corrected chi connectivity index (χ2v) is 7.88. The van der Waals surface area contributed by atoms with E-state index in [0.29, 0.717) is 30.1 Å². The van der Waals surface area contributed by atoms with Crippen LogP contribution >= 0.6 is 12.4 Å². The van der Waals surface area contributed by atoms with E-state index in [0.717, 1.165) is 29.8 Å². The molecule has 0 spiro atoms. The molecule has 3 aliphatic heterocycles. The van der Waals surface area contributed by atoms with Crippen molar-refractivity contribution in [2.45, 2.75) is 31.7 Å². The highest BCUT2D eigenvalue weighted by atomic mass is 35.5. The lowest BCUT2D eigenvalue weighted by Gasteiger charge is -2.44. The zero-order chi connectivity index (χ0) is 20.0. The van der Waals surface area contributed by atoms with Crippen molar-refractivity contribution in [3.8, 4) is 11.5 Å². The molecule has 30 heavy (non-hydrogen) atoms. The van der Waals surface area contributed by atoms with Gasteiger partial charge in [-0.15, -0.1) is 12.4 Å². The standard InChI is InChI=1S/C22H21F3N2O2.ClH/c23-22(24,25)17-5-6-19-18(11-17)26-21(29-19)16-3-1-14(2-4-16)13-28-20-12-27-9-7-15(20)8-10-27;/h1-6,11,15,20H,7-10,12-13H2;1H. The predicted molar refractivity (Wildman–Crippen MR) is 109 cm³/mol. The van der Waals surface area contributed by atoms with Crippen LogP contribution in [0.3, 0.4) is 0 Å². The summed E-state index contributed by atoms with van der Waals surface area (Å²) in [6, 6.07) is 11.0. The molecule has 1 atom stereocenters. The van der Waals surface area contributed by atoms with Crippen LogP contribution in [0.1, 0.15) is 24.0 Å². The van der Waals surface area contributed by atoms with Crippen molar-refractivity contribution in [3.63, 3.8) is 0 Å². The van der Waals surface area contributed by atoms with Gasteiger partial charge < -0.3 is 14.1 Å². The number of ether oxygens (including phenoxy) is 1. The van der Waals surface area contributed by atoms with Crippen LogP contribution in [0.15, 0.2) is 46.9 Å². The summed E-state index contributed by atoms with van der Waals surface area (Å²) in [6.45, 7) is 3.95. The van der Waals surface area contributed by atoms with E-state index < -0.39 is 11.7 Å². The third kappa shape index (κ3) is 4.19. The Kier molecular flexibility index (Phi) is 5.79. The second-order valence-electron chi connectivity index (χ2n) is 7.88. The number of piperidine rings is 3. The van der Waals surface area contributed by atoms with E-state index in [2.05, 4.69) is 9.88 Å². The molecule has 0 amide bonds. The van der Waals surface area contributed by atoms with Gasteiger partial charge in [-0.3, -0.25) is 0 Å². The fourth-order valence-electron chi connectivity index (χ4n) is 4.27. The maximum absolute atomic E-state index is 12.9. The molecule has 0 radical (unpaired) electrons. The number of oxazole rings is 1.